The first kappa shape index (κ1) is 22.1. The van der Waals surface area contributed by atoms with Gasteiger partial charge in [0.25, 0.3) is 0 Å². The number of esters is 1. The van der Waals surface area contributed by atoms with E-state index in [0.29, 0.717) is 57.9 Å². The van der Waals surface area contributed by atoms with Gasteiger partial charge >= 0.3 is 5.97 Å². The van der Waals surface area contributed by atoms with Crippen LogP contribution in [0.4, 0.5) is 0 Å². The Bertz CT molecular complexity index is 305. The molecule has 6 heteroatoms. The molecule has 6 nitrogen and oxygen atoms in total. The van der Waals surface area contributed by atoms with Gasteiger partial charge in [0, 0.05) is 5.57 Å². The Morgan fingerprint density at radius 3 is 1.87 bits per heavy atom. The minimum atomic E-state index is -0.393. The van der Waals surface area contributed by atoms with Crippen LogP contribution in [-0.2, 0) is 28.5 Å². The summed E-state index contributed by atoms with van der Waals surface area (Å²) in [5.41, 5.74) is 0.388. The molecule has 0 saturated carbocycles. The molecule has 0 rings (SSSR count). The van der Waals surface area contributed by atoms with E-state index in [9.17, 15) is 4.79 Å². The van der Waals surface area contributed by atoms with Crippen molar-refractivity contribution in [1.82, 2.24) is 0 Å². The zero-order valence-electron chi connectivity index (χ0n) is 14.8. The summed E-state index contributed by atoms with van der Waals surface area (Å²) in [5, 5.41) is 0. The summed E-state index contributed by atoms with van der Waals surface area (Å²) in [4.78, 5) is 11.1. The Kier molecular flexibility index (Phi) is 15.3. The van der Waals surface area contributed by atoms with Crippen LogP contribution in [0.15, 0.2) is 12.2 Å². The molecule has 0 aromatic carbocycles. The first-order chi connectivity index (χ1) is 11.1. The fourth-order valence-corrected chi connectivity index (χ4v) is 1.66. The summed E-state index contributed by atoms with van der Waals surface area (Å²) in [7, 11) is 0. The maximum atomic E-state index is 11.1. The minimum absolute atomic E-state index is 0.227. The maximum Gasteiger partial charge on any atom is 0.333 e. The summed E-state index contributed by atoms with van der Waals surface area (Å²) in [5.74, 6) is -0.393. The van der Waals surface area contributed by atoms with E-state index < -0.39 is 5.97 Å². The molecular weight excluding hydrogens is 300 g/mol. The lowest BCUT2D eigenvalue weighted by Crippen LogP contribution is -2.16. The molecule has 0 saturated heterocycles. The molecule has 0 bridgehead atoms. The van der Waals surface area contributed by atoms with Gasteiger partial charge < -0.3 is 23.7 Å². The average molecular weight is 332 g/mol. The monoisotopic (exact) mass is 332 g/mol. The van der Waals surface area contributed by atoms with Crippen molar-refractivity contribution in [1.29, 1.82) is 0 Å². The summed E-state index contributed by atoms with van der Waals surface area (Å²) in [6.45, 7) is 13.1. The van der Waals surface area contributed by atoms with Gasteiger partial charge in [-0.1, -0.05) is 19.9 Å². The van der Waals surface area contributed by atoms with Crippen molar-refractivity contribution < 1.29 is 28.5 Å². The van der Waals surface area contributed by atoms with E-state index in [4.69, 9.17) is 23.7 Å². The summed E-state index contributed by atoms with van der Waals surface area (Å²) in [6.07, 6.45) is 2.51. The molecule has 0 fully saturated rings. The van der Waals surface area contributed by atoms with Crippen LogP contribution in [0.5, 0.6) is 0 Å². The van der Waals surface area contributed by atoms with Gasteiger partial charge in [0.15, 0.2) is 0 Å². The Balaban J connectivity index is 3.13. The SMILES string of the molecule is C=C(C)C(=O)OCCOCCOCCOCCOC(C)CCC. The van der Waals surface area contributed by atoms with Crippen LogP contribution in [0.25, 0.3) is 0 Å². The highest BCUT2D eigenvalue weighted by atomic mass is 16.6. The molecule has 1 unspecified atom stereocenters. The standard InChI is InChI=1S/C17H32O6/c1-5-6-16(4)22-13-11-20-9-7-19-8-10-21-12-14-23-17(18)15(2)3/h16H,2,5-14H2,1,3-4H3. The predicted octanol–water partition coefficient (Wildman–Crippen LogP) is 2.36. The zero-order valence-corrected chi connectivity index (χ0v) is 14.8. The summed E-state index contributed by atoms with van der Waals surface area (Å²) < 4.78 is 26.5. The molecule has 0 radical (unpaired) electrons. The second-order valence-electron chi connectivity index (χ2n) is 5.22. The van der Waals surface area contributed by atoms with Crippen LogP contribution < -0.4 is 0 Å². The van der Waals surface area contributed by atoms with Crippen LogP contribution in [0, 0.1) is 0 Å². The lowest BCUT2D eigenvalue weighted by molar-refractivity contribution is -0.140. The van der Waals surface area contributed by atoms with E-state index in [1.54, 1.807) is 6.92 Å². The zero-order chi connectivity index (χ0) is 17.3. The van der Waals surface area contributed by atoms with Crippen LogP contribution in [-0.4, -0.2) is 64.9 Å². The van der Waals surface area contributed by atoms with E-state index >= 15 is 0 Å². The van der Waals surface area contributed by atoms with Gasteiger partial charge in [-0.05, 0) is 20.3 Å². The van der Waals surface area contributed by atoms with Crippen molar-refractivity contribution in [3.63, 3.8) is 0 Å². The van der Waals surface area contributed by atoms with Gasteiger partial charge in [0.1, 0.15) is 6.61 Å². The molecule has 0 aliphatic carbocycles. The molecule has 0 aromatic heterocycles. The van der Waals surface area contributed by atoms with Gasteiger partial charge in [-0.2, -0.15) is 0 Å². The Morgan fingerprint density at radius 2 is 1.39 bits per heavy atom. The van der Waals surface area contributed by atoms with Gasteiger partial charge in [-0.25, -0.2) is 4.79 Å². The van der Waals surface area contributed by atoms with Crippen molar-refractivity contribution in [3.05, 3.63) is 12.2 Å². The lowest BCUT2D eigenvalue weighted by Gasteiger charge is -2.12. The second-order valence-corrected chi connectivity index (χ2v) is 5.22. The number of ether oxygens (including phenoxy) is 5. The van der Waals surface area contributed by atoms with Crippen molar-refractivity contribution in [2.24, 2.45) is 0 Å². The van der Waals surface area contributed by atoms with Crippen molar-refractivity contribution >= 4 is 5.97 Å². The molecule has 0 aromatic rings. The van der Waals surface area contributed by atoms with Crippen molar-refractivity contribution in [3.8, 4) is 0 Å². The topological polar surface area (TPSA) is 63.2 Å². The number of carbonyl (C=O) groups is 1. The third-order valence-electron chi connectivity index (χ3n) is 2.88. The first-order valence-corrected chi connectivity index (χ1v) is 8.25. The minimum Gasteiger partial charge on any atom is -0.460 e. The fraction of sp³-hybridized carbons (Fsp3) is 0.824. The molecule has 1 atom stereocenters. The van der Waals surface area contributed by atoms with E-state index in [2.05, 4.69) is 20.4 Å². The molecule has 0 N–H and O–H groups in total. The third kappa shape index (κ3) is 15.7. The molecule has 0 spiro atoms. The van der Waals surface area contributed by atoms with Gasteiger partial charge in [0.2, 0.25) is 0 Å². The van der Waals surface area contributed by atoms with E-state index in [1.807, 2.05) is 0 Å². The molecule has 0 aliphatic heterocycles. The Morgan fingerprint density at radius 1 is 0.913 bits per heavy atom. The molecule has 0 heterocycles. The number of hydrogen-bond donors (Lipinski definition) is 0. The predicted molar refractivity (Wildman–Crippen MR) is 88.6 cm³/mol. The summed E-state index contributed by atoms with van der Waals surface area (Å²) >= 11 is 0. The summed E-state index contributed by atoms with van der Waals surface area (Å²) in [6, 6.07) is 0. The van der Waals surface area contributed by atoms with Gasteiger partial charge in [0.05, 0.1) is 52.4 Å². The van der Waals surface area contributed by atoms with Gasteiger partial charge in [-0.15, -0.1) is 0 Å². The number of carbonyl (C=O) groups excluding carboxylic acids is 1. The van der Waals surface area contributed by atoms with Crippen LogP contribution >= 0.6 is 0 Å². The highest BCUT2D eigenvalue weighted by Gasteiger charge is 2.02. The van der Waals surface area contributed by atoms with Crippen molar-refractivity contribution in [2.75, 3.05) is 52.9 Å². The third-order valence-corrected chi connectivity index (χ3v) is 2.88. The largest absolute Gasteiger partial charge is 0.460 e. The number of hydrogen-bond acceptors (Lipinski definition) is 6. The number of rotatable bonds is 16. The van der Waals surface area contributed by atoms with Crippen molar-refractivity contribution in [2.45, 2.75) is 39.7 Å². The lowest BCUT2D eigenvalue weighted by atomic mass is 10.2. The van der Waals surface area contributed by atoms with E-state index in [-0.39, 0.29) is 6.61 Å². The van der Waals surface area contributed by atoms with Crippen LogP contribution in [0.1, 0.15) is 33.6 Å². The Hall–Kier alpha value is -0.950. The average Bonchev–Trinajstić information content (AvgIpc) is 2.51. The quantitative estimate of drug-likeness (QED) is 0.246. The molecule has 136 valence electrons. The highest BCUT2D eigenvalue weighted by Crippen LogP contribution is 1.99. The van der Waals surface area contributed by atoms with Crippen LogP contribution in [0.2, 0.25) is 0 Å². The molecule has 0 aliphatic rings. The second kappa shape index (κ2) is 15.9. The maximum absolute atomic E-state index is 11.1. The van der Waals surface area contributed by atoms with Crippen LogP contribution in [0.3, 0.4) is 0 Å². The van der Waals surface area contributed by atoms with E-state index in [1.165, 1.54) is 0 Å². The Labute approximate surface area is 140 Å². The molecular formula is C17H32O6. The fourth-order valence-electron chi connectivity index (χ4n) is 1.66. The smallest absolute Gasteiger partial charge is 0.333 e. The van der Waals surface area contributed by atoms with E-state index in [0.717, 1.165) is 12.8 Å². The first-order valence-electron chi connectivity index (χ1n) is 8.25. The van der Waals surface area contributed by atoms with Gasteiger partial charge in [-0.3, -0.25) is 0 Å². The molecule has 0 amide bonds. The normalized spacial score (nSPS) is 12.1. The highest BCUT2D eigenvalue weighted by molar-refractivity contribution is 5.86. The molecule has 23 heavy (non-hydrogen) atoms.